The molecule has 1 N–H and O–H groups in total. The number of nitrogens with one attached hydrogen (secondary N) is 1. The van der Waals surface area contributed by atoms with Gasteiger partial charge in [0.1, 0.15) is 0 Å². The Kier molecular flexibility index (Phi) is 1.91. The molecule has 1 aromatic rings. The summed E-state index contributed by atoms with van der Waals surface area (Å²) in [5.41, 5.74) is 1.40. The van der Waals surface area contributed by atoms with Gasteiger partial charge in [0.2, 0.25) is 0 Å². The molecule has 1 saturated heterocycles. The van der Waals surface area contributed by atoms with Gasteiger partial charge >= 0.3 is 0 Å². The van der Waals surface area contributed by atoms with Crippen molar-refractivity contribution in [3.8, 4) is 0 Å². The van der Waals surface area contributed by atoms with Crippen LogP contribution in [0.5, 0.6) is 0 Å². The minimum atomic E-state index is 0.566. The standard InChI is InChI=1S/C10H12N/c1-2-5-9(6-3-1)10-7-4-8-11-10/h1-3,5-6,8,10-11H,4,7H2. The van der Waals surface area contributed by atoms with Crippen LogP contribution in [0.3, 0.4) is 0 Å². The van der Waals surface area contributed by atoms with Crippen molar-refractivity contribution < 1.29 is 0 Å². The van der Waals surface area contributed by atoms with Crippen LogP contribution in [-0.2, 0) is 0 Å². The second kappa shape index (κ2) is 3.05. The molecule has 1 aromatic carbocycles. The molecular weight excluding hydrogens is 134 g/mol. The third-order valence-electron chi connectivity index (χ3n) is 2.12. The van der Waals surface area contributed by atoms with Crippen molar-refractivity contribution in [1.82, 2.24) is 5.32 Å². The average Bonchev–Trinajstić information content (AvgIpc) is 2.58. The van der Waals surface area contributed by atoms with Gasteiger partial charge in [0.05, 0.1) is 0 Å². The van der Waals surface area contributed by atoms with Gasteiger partial charge in [-0.15, -0.1) is 0 Å². The van der Waals surface area contributed by atoms with Crippen LogP contribution in [0.1, 0.15) is 24.4 Å². The van der Waals surface area contributed by atoms with Gasteiger partial charge in [0.15, 0.2) is 0 Å². The lowest BCUT2D eigenvalue weighted by molar-refractivity contribution is 0.663. The average molecular weight is 146 g/mol. The lowest BCUT2D eigenvalue weighted by Crippen LogP contribution is -2.09. The van der Waals surface area contributed by atoms with Crippen LogP contribution >= 0.6 is 0 Å². The van der Waals surface area contributed by atoms with E-state index in [9.17, 15) is 0 Å². The summed E-state index contributed by atoms with van der Waals surface area (Å²) in [5.74, 6) is 0. The molecule has 0 aromatic heterocycles. The first-order valence-electron chi connectivity index (χ1n) is 4.09. The fourth-order valence-electron chi connectivity index (χ4n) is 1.51. The summed E-state index contributed by atoms with van der Waals surface area (Å²) in [7, 11) is 0. The van der Waals surface area contributed by atoms with Gasteiger partial charge in [-0.05, 0) is 18.4 Å². The van der Waals surface area contributed by atoms with Crippen LogP contribution in [0.15, 0.2) is 30.3 Å². The van der Waals surface area contributed by atoms with Crippen molar-refractivity contribution in [2.75, 3.05) is 0 Å². The van der Waals surface area contributed by atoms with Crippen molar-refractivity contribution in [3.05, 3.63) is 42.4 Å². The number of benzene rings is 1. The molecule has 0 amide bonds. The Hall–Kier alpha value is -0.820. The first kappa shape index (κ1) is 6.86. The van der Waals surface area contributed by atoms with E-state index in [4.69, 9.17) is 0 Å². The quantitative estimate of drug-likeness (QED) is 0.641. The maximum absolute atomic E-state index is 3.35. The molecule has 1 heteroatoms. The molecular formula is C10H12N. The van der Waals surface area contributed by atoms with Gasteiger partial charge in [-0.2, -0.15) is 0 Å². The lowest BCUT2D eigenvalue weighted by Gasteiger charge is -2.08. The molecule has 0 saturated carbocycles. The van der Waals surface area contributed by atoms with E-state index in [2.05, 4.69) is 42.2 Å². The Morgan fingerprint density at radius 2 is 2.00 bits per heavy atom. The minimum absolute atomic E-state index is 0.566. The Morgan fingerprint density at radius 3 is 2.64 bits per heavy atom. The zero-order chi connectivity index (χ0) is 7.52. The molecule has 1 aliphatic rings. The highest BCUT2D eigenvalue weighted by Gasteiger charge is 2.14. The molecule has 1 unspecified atom stereocenters. The van der Waals surface area contributed by atoms with Gasteiger partial charge in [-0.1, -0.05) is 30.3 Å². The van der Waals surface area contributed by atoms with E-state index in [1.165, 1.54) is 18.4 Å². The van der Waals surface area contributed by atoms with Crippen LogP contribution in [0, 0.1) is 6.54 Å². The zero-order valence-corrected chi connectivity index (χ0v) is 6.46. The normalized spacial score (nSPS) is 23.8. The Morgan fingerprint density at radius 1 is 1.18 bits per heavy atom. The zero-order valence-electron chi connectivity index (χ0n) is 6.46. The van der Waals surface area contributed by atoms with E-state index in [0.29, 0.717) is 6.04 Å². The van der Waals surface area contributed by atoms with Crippen LogP contribution in [0.2, 0.25) is 0 Å². The summed E-state index contributed by atoms with van der Waals surface area (Å²) in [6.45, 7) is 2.15. The van der Waals surface area contributed by atoms with E-state index in [0.717, 1.165) is 0 Å². The number of hydrogen-bond donors (Lipinski definition) is 1. The van der Waals surface area contributed by atoms with Crippen molar-refractivity contribution in [1.29, 1.82) is 0 Å². The first-order chi connectivity index (χ1) is 5.47. The molecule has 1 nitrogen and oxygen atoms in total. The molecule has 1 radical (unpaired) electrons. The molecule has 1 aliphatic heterocycles. The molecule has 1 atom stereocenters. The molecule has 0 bridgehead atoms. The predicted octanol–water partition coefficient (Wildman–Crippen LogP) is 2.27. The predicted molar refractivity (Wildman–Crippen MR) is 45.9 cm³/mol. The third kappa shape index (κ3) is 1.43. The van der Waals surface area contributed by atoms with Gasteiger partial charge in [0, 0.05) is 12.6 Å². The highest BCUT2D eigenvalue weighted by atomic mass is 14.9. The summed E-state index contributed by atoms with van der Waals surface area (Å²) < 4.78 is 0. The number of hydrogen-bond acceptors (Lipinski definition) is 1. The summed E-state index contributed by atoms with van der Waals surface area (Å²) in [4.78, 5) is 0. The van der Waals surface area contributed by atoms with Crippen LogP contribution in [0.25, 0.3) is 0 Å². The topological polar surface area (TPSA) is 12.0 Å². The van der Waals surface area contributed by atoms with Crippen molar-refractivity contribution in [2.24, 2.45) is 0 Å². The van der Waals surface area contributed by atoms with E-state index < -0.39 is 0 Å². The Bertz CT molecular complexity index is 212. The minimum Gasteiger partial charge on any atom is -0.306 e. The lowest BCUT2D eigenvalue weighted by atomic mass is 10.1. The maximum Gasteiger partial charge on any atom is 0.0323 e. The summed E-state index contributed by atoms with van der Waals surface area (Å²) in [6, 6.07) is 11.2. The first-order valence-corrected chi connectivity index (χ1v) is 4.09. The fourth-order valence-corrected chi connectivity index (χ4v) is 1.51. The van der Waals surface area contributed by atoms with E-state index in [-0.39, 0.29) is 0 Å². The Labute approximate surface area is 67.4 Å². The van der Waals surface area contributed by atoms with Crippen LogP contribution in [0.4, 0.5) is 0 Å². The molecule has 11 heavy (non-hydrogen) atoms. The highest BCUT2D eigenvalue weighted by molar-refractivity contribution is 5.20. The summed E-state index contributed by atoms with van der Waals surface area (Å²) in [5, 5.41) is 3.35. The summed E-state index contributed by atoms with van der Waals surface area (Å²) in [6.07, 6.45) is 2.43. The van der Waals surface area contributed by atoms with Crippen LogP contribution in [-0.4, -0.2) is 0 Å². The molecule has 0 spiro atoms. The van der Waals surface area contributed by atoms with Crippen molar-refractivity contribution in [3.63, 3.8) is 0 Å². The highest BCUT2D eigenvalue weighted by Crippen LogP contribution is 2.23. The fraction of sp³-hybridized carbons (Fsp3) is 0.300. The van der Waals surface area contributed by atoms with E-state index in [1.807, 2.05) is 0 Å². The molecule has 1 fully saturated rings. The van der Waals surface area contributed by atoms with Crippen LogP contribution < -0.4 is 5.32 Å². The third-order valence-corrected chi connectivity index (χ3v) is 2.12. The van der Waals surface area contributed by atoms with E-state index >= 15 is 0 Å². The largest absolute Gasteiger partial charge is 0.306 e. The molecule has 2 rings (SSSR count). The summed E-state index contributed by atoms with van der Waals surface area (Å²) >= 11 is 0. The molecule has 1 heterocycles. The monoisotopic (exact) mass is 146 g/mol. The second-order valence-corrected chi connectivity index (χ2v) is 2.91. The van der Waals surface area contributed by atoms with Crippen molar-refractivity contribution >= 4 is 0 Å². The van der Waals surface area contributed by atoms with Gasteiger partial charge in [0.25, 0.3) is 0 Å². The molecule has 0 aliphatic carbocycles. The maximum atomic E-state index is 3.35. The smallest absolute Gasteiger partial charge is 0.0323 e. The Balaban J connectivity index is 2.16. The number of rotatable bonds is 1. The van der Waals surface area contributed by atoms with Gasteiger partial charge in [-0.25, -0.2) is 0 Å². The van der Waals surface area contributed by atoms with Gasteiger partial charge < -0.3 is 5.32 Å². The van der Waals surface area contributed by atoms with Gasteiger partial charge in [-0.3, -0.25) is 0 Å². The molecule has 57 valence electrons. The second-order valence-electron chi connectivity index (χ2n) is 2.91. The van der Waals surface area contributed by atoms with Crippen molar-refractivity contribution in [2.45, 2.75) is 18.9 Å². The SMILES string of the molecule is [CH]1CCC(c2ccccc2)N1. The van der Waals surface area contributed by atoms with E-state index in [1.54, 1.807) is 0 Å².